The average Bonchev–Trinajstić information content (AvgIpc) is 2.90. The smallest absolute Gasteiger partial charge is 0.319 e. The summed E-state index contributed by atoms with van der Waals surface area (Å²) < 4.78 is 31.5. The summed E-state index contributed by atoms with van der Waals surface area (Å²) in [6, 6.07) is 0. The first-order valence-electron chi connectivity index (χ1n) is 6.77. The molecule has 21 heavy (non-hydrogen) atoms. The molecule has 1 rings (SSSR count). The van der Waals surface area contributed by atoms with Crippen LogP contribution in [0.4, 0.5) is 8.78 Å². The molecule has 0 aliphatic carbocycles. The van der Waals surface area contributed by atoms with Crippen molar-refractivity contribution in [3.05, 3.63) is 18.2 Å². The number of guanidine groups is 1. The van der Waals surface area contributed by atoms with E-state index in [1.807, 2.05) is 20.8 Å². The molecule has 0 bridgehead atoms. The van der Waals surface area contributed by atoms with Crippen LogP contribution in [0.2, 0.25) is 0 Å². The van der Waals surface area contributed by atoms with Gasteiger partial charge < -0.3 is 15.4 Å². The molecule has 0 aromatic carbocycles. The van der Waals surface area contributed by atoms with Gasteiger partial charge in [0.2, 0.25) is 0 Å². The molecule has 0 atom stereocenters. The number of aromatic nitrogens is 2. The number of nitrogens with one attached hydrogen (secondary N) is 2. The average molecular weight is 303 g/mol. The zero-order valence-corrected chi connectivity index (χ0v) is 12.9. The number of hydrogen-bond donors (Lipinski definition) is 2. The van der Waals surface area contributed by atoms with E-state index in [4.69, 9.17) is 4.74 Å². The largest absolute Gasteiger partial charge is 0.377 e. The summed E-state index contributed by atoms with van der Waals surface area (Å²) in [7, 11) is 1.63. The zero-order valence-electron chi connectivity index (χ0n) is 12.9. The molecular formula is C13H23F2N5O. The van der Waals surface area contributed by atoms with E-state index in [1.54, 1.807) is 7.11 Å². The number of alkyl halides is 2. The van der Waals surface area contributed by atoms with Gasteiger partial charge >= 0.3 is 6.55 Å². The summed E-state index contributed by atoms with van der Waals surface area (Å²) in [5.74, 6) is 0.750. The van der Waals surface area contributed by atoms with Crippen LogP contribution in [0.3, 0.4) is 0 Å². The normalized spacial score (nSPS) is 12.8. The van der Waals surface area contributed by atoms with E-state index < -0.39 is 6.55 Å². The van der Waals surface area contributed by atoms with Crippen LogP contribution in [-0.4, -0.2) is 41.3 Å². The second-order valence-electron chi connectivity index (χ2n) is 5.04. The van der Waals surface area contributed by atoms with Gasteiger partial charge in [0.05, 0.1) is 5.60 Å². The molecular weight excluding hydrogens is 280 g/mol. The molecule has 0 fully saturated rings. The SMILES string of the molecule is CCNC(=NCc1nccn1C(F)F)NCC(C)(C)OC. The highest BCUT2D eigenvalue weighted by Gasteiger charge is 2.16. The Morgan fingerprint density at radius 3 is 2.76 bits per heavy atom. The number of hydrogen-bond acceptors (Lipinski definition) is 3. The third-order valence-corrected chi connectivity index (χ3v) is 2.92. The molecule has 1 heterocycles. The molecule has 0 aliphatic rings. The molecule has 0 radical (unpaired) electrons. The Bertz CT molecular complexity index is 459. The fraction of sp³-hybridized carbons (Fsp3) is 0.692. The highest BCUT2D eigenvalue weighted by molar-refractivity contribution is 5.79. The monoisotopic (exact) mass is 303 g/mol. The van der Waals surface area contributed by atoms with Crippen LogP contribution in [0.1, 0.15) is 33.1 Å². The Morgan fingerprint density at radius 2 is 2.19 bits per heavy atom. The van der Waals surface area contributed by atoms with Gasteiger partial charge in [0, 0.05) is 32.6 Å². The highest BCUT2D eigenvalue weighted by atomic mass is 19.3. The standard InChI is InChI=1S/C13H23F2N5O/c1-5-16-12(19-9-13(2,3)21-4)18-8-10-17-6-7-20(10)11(14)15/h6-7,11H,5,8-9H2,1-4H3,(H2,16,18,19). The fourth-order valence-electron chi connectivity index (χ4n) is 1.50. The molecule has 2 N–H and O–H groups in total. The van der Waals surface area contributed by atoms with Gasteiger partial charge in [-0.3, -0.25) is 4.57 Å². The van der Waals surface area contributed by atoms with Gasteiger partial charge in [-0.15, -0.1) is 0 Å². The Kier molecular flexibility index (Phi) is 6.54. The van der Waals surface area contributed by atoms with Crippen LogP contribution >= 0.6 is 0 Å². The van der Waals surface area contributed by atoms with Crippen molar-refractivity contribution < 1.29 is 13.5 Å². The second kappa shape index (κ2) is 7.92. The Labute approximate surface area is 123 Å². The maximum absolute atomic E-state index is 12.7. The van der Waals surface area contributed by atoms with Gasteiger partial charge in [-0.05, 0) is 20.8 Å². The molecule has 1 aromatic rings. The van der Waals surface area contributed by atoms with E-state index in [1.165, 1.54) is 12.4 Å². The summed E-state index contributed by atoms with van der Waals surface area (Å²) in [5, 5.41) is 6.16. The topological polar surface area (TPSA) is 63.5 Å². The maximum Gasteiger partial charge on any atom is 0.319 e. The van der Waals surface area contributed by atoms with Crippen molar-refractivity contribution in [2.45, 2.75) is 39.5 Å². The van der Waals surface area contributed by atoms with E-state index >= 15 is 0 Å². The molecule has 120 valence electrons. The molecule has 0 saturated carbocycles. The van der Waals surface area contributed by atoms with E-state index in [-0.39, 0.29) is 18.0 Å². The van der Waals surface area contributed by atoms with E-state index in [2.05, 4.69) is 20.6 Å². The van der Waals surface area contributed by atoms with Gasteiger partial charge in [-0.25, -0.2) is 9.98 Å². The van der Waals surface area contributed by atoms with Crippen molar-refractivity contribution >= 4 is 5.96 Å². The van der Waals surface area contributed by atoms with Gasteiger partial charge in [-0.2, -0.15) is 8.78 Å². The Balaban J connectivity index is 2.69. The van der Waals surface area contributed by atoms with Crippen molar-refractivity contribution in [2.24, 2.45) is 4.99 Å². The third-order valence-electron chi connectivity index (χ3n) is 2.92. The van der Waals surface area contributed by atoms with Crippen LogP contribution in [-0.2, 0) is 11.3 Å². The van der Waals surface area contributed by atoms with Crippen LogP contribution in [0.5, 0.6) is 0 Å². The van der Waals surface area contributed by atoms with Crippen molar-refractivity contribution in [1.29, 1.82) is 0 Å². The number of nitrogens with zero attached hydrogens (tertiary/aromatic N) is 3. The summed E-state index contributed by atoms with van der Waals surface area (Å²) >= 11 is 0. The van der Waals surface area contributed by atoms with Crippen LogP contribution < -0.4 is 10.6 Å². The summed E-state index contributed by atoms with van der Waals surface area (Å²) in [4.78, 5) is 8.15. The molecule has 0 amide bonds. The number of ether oxygens (including phenoxy) is 1. The zero-order chi connectivity index (χ0) is 15.9. The first kappa shape index (κ1) is 17.4. The highest BCUT2D eigenvalue weighted by Crippen LogP contribution is 2.12. The molecule has 8 heteroatoms. The minimum Gasteiger partial charge on any atom is -0.377 e. The molecule has 1 aromatic heterocycles. The predicted octanol–water partition coefficient (Wildman–Crippen LogP) is 1.76. The van der Waals surface area contributed by atoms with Gasteiger partial charge in [0.25, 0.3) is 0 Å². The van der Waals surface area contributed by atoms with Crippen molar-refractivity contribution in [3.63, 3.8) is 0 Å². The summed E-state index contributed by atoms with van der Waals surface area (Å²) in [5.41, 5.74) is -0.350. The quantitative estimate of drug-likeness (QED) is 0.595. The Morgan fingerprint density at radius 1 is 1.48 bits per heavy atom. The van der Waals surface area contributed by atoms with Crippen molar-refractivity contribution in [2.75, 3.05) is 20.2 Å². The second-order valence-corrected chi connectivity index (χ2v) is 5.04. The minimum atomic E-state index is -2.61. The minimum absolute atomic E-state index is 0.0695. The lowest BCUT2D eigenvalue weighted by Gasteiger charge is -2.24. The lowest BCUT2D eigenvalue weighted by Crippen LogP contribution is -2.45. The lowest BCUT2D eigenvalue weighted by atomic mass is 10.1. The first-order valence-corrected chi connectivity index (χ1v) is 6.77. The molecule has 0 unspecified atom stereocenters. The lowest BCUT2D eigenvalue weighted by molar-refractivity contribution is 0.0268. The molecule has 6 nitrogen and oxygen atoms in total. The molecule has 0 aliphatic heterocycles. The maximum atomic E-state index is 12.7. The van der Waals surface area contributed by atoms with Crippen LogP contribution in [0.15, 0.2) is 17.4 Å². The van der Waals surface area contributed by atoms with Gasteiger partial charge in [0.1, 0.15) is 12.4 Å². The van der Waals surface area contributed by atoms with Crippen LogP contribution in [0, 0.1) is 0 Å². The summed E-state index contributed by atoms with van der Waals surface area (Å²) in [6.45, 7) is 4.47. The first-order chi connectivity index (χ1) is 9.89. The molecule has 0 saturated heterocycles. The number of aliphatic imine (C=N–C) groups is 1. The van der Waals surface area contributed by atoms with Gasteiger partial charge in [0.15, 0.2) is 5.96 Å². The van der Waals surface area contributed by atoms with Crippen LogP contribution in [0.25, 0.3) is 0 Å². The number of rotatable bonds is 7. The third kappa shape index (κ3) is 5.66. The number of halogens is 2. The Hall–Kier alpha value is -1.70. The summed E-state index contributed by atoms with van der Waals surface area (Å²) in [6.07, 6.45) is 2.58. The van der Waals surface area contributed by atoms with E-state index in [9.17, 15) is 8.78 Å². The predicted molar refractivity (Wildman–Crippen MR) is 77.4 cm³/mol. The van der Waals surface area contributed by atoms with Crippen molar-refractivity contribution in [3.8, 4) is 0 Å². The molecule has 0 spiro atoms. The van der Waals surface area contributed by atoms with Crippen molar-refractivity contribution in [1.82, 2.24) is 20.2 Å². The van der Waals surface area contributed by atoms with E-state index in [0.29, 0.717) is 19.0 Å². The van der Waals surface area contributed by atoms with E-state index in [0.717, 1.165) is 4.57 Å². The van der Waals surface area contributed by atoms with Gasteiger partial charge in [-0.1, -0.05) is 0 Å². The number of imidazole rings is 1. The number of methoxy groups -OCH3 is 1. The fourth-order valence-corrected chi connectivity index (χ4v) is 1.50.